The van der Waals surface area contributed by atoms with Crippen molar-refractivity contribution < 1.29 is 25.2 Å². The molecule has 3 aromatic heterocycles. The Bertz CT molecular complexity index is 2430. The zero-order valence-electron chi connectivity index (χ0n) is 32.2. The molecule has 5 nitrogen and oxygen atoms in total. The average molecular weight is 779 g/mol. The summed E-state index contributed by atoms with van der Waals surface area (Å²) in [6.45, 7) is 24.4. The fourth-order valence-corrected chi connectivity index (χ4v) is 7.49. The third-order valence-corrected chi connectivity index (χ3v) is 9.85. The summed E-state index contributed by atoms with van der Waals surface area (Å²) in [6, 6.07) is 33.0. The third kappa shape index (κ3) is 6.75. The summed E-state index contributed by atoms with van der Waals surface area (Å²) >= 11 is 0. The summed E-state index contributed by atoms with van der Waals surface area (Å²) in [5.41, 5.74) is 13.3. The molecule has 0 unspecified atom stereocenters. The summed E-state index contributed by atoms with van der Waals surface area (Å²) in [7, 11) is 0. The number of aryl methyl sites for hydroxylation is 5. The van der Waals surface area contributed by atoms with Crippen LogP contribution in [-0.4, -0.2) is 19.3 Å². The van der Waals surface area contributed by atoms with Gasteiger partial charge in [0, 0.05) is 34.2 Å². The maximum atomic E-state index is 6.73. The van der Waals surface area contributed by atoms with E-state index in [1.807, 2.05) is 12.3 Å². The molecular formula is C46H48N4OPd. The smallest absolute Gasteiger partial charge is 0.509 e. The molecule has 4 aromatic carbocycles. The first kappa shape index (κ1) is 37.3. The molecule has 52 heavy (non-hydrogen) atoms. The molecule has 7 rings (SSSR count). The van der Waals surface area contributed by atoms with E-state index >= 15 is 0 Å². The van der Waals surface area contributed by atoms with Crippen molar-refractivity contribution in [1.82, 2.24) is 19.3 Å². The molecule has 3 heterocycles. The second kappa shape index (κ2) is 13.8. The Hall–Kier alpha value is -4.50. The number of rotatable bonds is 6. The number of nitrogens with zero attached hydrogens (tertiary/aromatic N) is 4. The van der Waals surface area contributed by atoms with Gasteiger partial charge in [-0.05, 0) is 91.1 Å². The van der Waals surface area contributed by atoms with Crippen LogP contribution < -0.4 is 4.74 Å². The van der Waals surface area contributed by atoms with Gasteiger partial charge in [-0.1, -0.05) is 89.9 Å². The summed E-state index contributed by atoms with van der Waals surface area (Å²) in [5.74, 6) is 2.11. The monoisotopic (exact) mass is 778 g/mol. The Kier molecular flexibility index (Phi) is 9.90. The van der Waals surface area contributed by atoms with E-state index in [2.05, 4.69) is 164 Å². The molecule has 7 aromatic rings. The largest absolute Gasteiger partial charge is 2.00 e. The molecule has 0 fully saturated rings. The van der Waals surface area contributed by atoms with Crippen LogP contribution in [0.4, 0.5) is 0 Å². The predicted molar refractivity (Wildman–Crippen MR) is 211 cm³/mol. The van der Waals surface area contributed by atoms with E-state index in [9.17, 15) is 0 Å². The van der Waals surface area contributed by atoms with Gasteiger partial charge in [0.1, 0.15) is 5.82 Å². The Morgan fingerprint density at radius 3 is 2.12 bits per heavy atom. The van der Waals surface area contributed by atoms with Crippen molar-refractivity contribution in [2.24, 2.45) is 0 Å². The molecule has 0 amide bonds. The summed E-state index contributed by atoms with van der Waals surface area (Å²) in [6.07, 6.45) is 2.82. The van der Waals surface area contributed by atoms with E-state index in [0.29, 0.717) is 11.5 Å². The fourth-order valence-electron chi connectivity index (χ4n) is 7.49. The molecule has 0 saturated heterocycles. The van der Waals surface area contributed by atoms with Crippen molar-refractivity contribution in [3.05, 3.63) is 130 Å². The van der Waals surface area contributed by atoms with Crippen LogP contribution in [0, 0.1) is 39.8 Å². The maximum absolute atomic E-state index is 6.73. The summed E-state index contributed by atoms with van der Waals surface area (Å²) < 4.78 is 11.0. The minimum Gasteiger partial charge on any atom is -0.509 e. The van der Waals surface area contributed by atoms with Crippen molar-refractivity contribution in [2.45, 2.75) is 93.4 Å². The average Bonchev–Trinajstić information content (AvgIpc) is 3.58. The van der Waals surface area contributed by atoms with E-state index < -0.39 is 0 Å². The zero-order valence-corrected chi connectivity index (χ0v) is 33.8. The number of fused-ring (bicyclic) bond motifs is 3. The van der Waals surface area contributed by atoms with Gasteiger partial charge in [-0.25, -0.2) is 4.98 Å². The van der Waals surface area contributed by atoms with E-state index in [1.54, 1.807) is 0 Å². The zero-order chi connectivity index (χ0) is 36.4. The van der Waals surface area contributed by atoms with E-state index in [-0.39, 0.29) is 31.3 Å². The number of aromatic nitrogens is 4. The SMILES string of the molecule is CCc1ccnc(-n2c3[c-]c(Oc4[c-]c(-n5nc(C)c(-c6c(C)cc(C)cc6C)c5C(C)(C)C)cc(C(C)(C)C)c4)ccc3c3ccccc32)c1.[Pd+2]. The van der Waals surface area contributed by atoms with Crippen molar-refractivity contribution in [1.29, 1.82) is 0 Å². The molecule has 268 valence electrons. The molecule has 0 saturated carbocycles. The second-order valence-corrected chi connectivity index (χ2v) is 16.0. The number of benzene rings is 4. The van der Waals surface area contributed by atoms with Gasteiger partial charge in [0.05, 0.1) is 11.4 Å². The van der Waals surface area contributed by atoms with Crippen molar-refractivity contribution in [2.75, 3.05) is 0 Å². The molecule has 0 spiro atoms. The molecule has 0 bridgehead atoms. The predicted octanol–water partition coefficient (Wildman–Crippen LogP) is 11.8. The first-order valence-corrected chi connectivity index (χ1v) is 18.0. The third-order valence-electron chi connectivity index (χ3n) is 9.85. The van der Waals surface area contributed by atoms with Crippen LogP contribution in [0.25, 0.3) is 44.4 Å². The quantitative estimate of drug-likeness (QED) is 0.125. The van der Waals surface area contributed by atoms with Gasteiger partial charge in [-0.2, -0.15) is 11.2 Å². The normalized spacial score (nSPS) is 12.1. The summed E-state index contributed by atoms with van der Waals surface area (Å²) in [4.78, 5) is 4.79. The number of hydrogen-bond acceptors (Lipinski definition) is 3. The topological polar surface area (TPSA) is 44.9 Å². The standard InChI is InChI=1S/C46H48N4O.Pd/c1-12-32-19-20-47-41(23-32)49-39-16-14-13-15-37(39)38-18-17-35(27-40(38)49)51-36-25-33(45(6,7)8)24-34(26-36)50-44(46(9,10)11)43(31(5)48-50)42-29(3)21-28(2)22-30(42)4;/h13-25H,12H2,1-11H3;/q-2;+2. The van der Waals surface area contributed by atoms with E-state index in [4.69, 9.17) is 14.8 Å². The van der Waals surface area contributed by atoms with Crippen LogP contribution in [0.2, 0.25) is 0 Å². The number of pyridine rings is 1. The molecular weight excluding hydrogens is 731 g/mol. The molecule has 6 heteroatoms. The molecule has 0 atom stereocenters. The Balaban J connectivity index is 0.00000464. The Labute approximate surface area is 322 Å². The summed E-state index contributed by atoms with van der Waals surface area (Å²) in [5, 5.41) is 7.49. The van der Waals surface area contributed by atoms with Gasteiger partial charge in [0.25, 0.3) is 0 Å². The van der Waals surface area contributed by atoms with Gasteiger partial charge in [0.2, 0.25) is 0 Å². The fraction of sp³-hybridized carbons (Fsp3) is 0.304. The van der Waals surface area contributed by atoms with Crippen molar-refractivity contribution >= 4 is 21.8 Å². The van der Waals surface area contributed by atoms with Crippen LogP contribution in [0.3, 0.4) is 0 Å². The van der Waals surface area contributed by atoms with Crippen LogP contribution in [-0.2, 0) is 37.7 Å². The van der Waals surface area contributed by atoms with Gasteiger partial charge >= 0.3 is 20.4 Å². The van der Waals surface area contributed by atoms with Crippen LogP contribution >= 0.6 is 0 Å². The Morgan fingerprint density at radius 1 is 0.731 bits per heavy atom. The van der Waals surface area contributed by atoms with Crippen molar-refractivity contribution in [3.8, 4) is 34.1 Å². The maximum Gasteiger partial charge on any atom is 2.00 e. The molecule has 0 radical (unpaired) electrons. The molecule has 0 aliphatic carbocycles. The first-order valence-electron chi connectivity index (χ1n) is 18.0. The molecule has 0 N–H and O–H groups in total. The molecule has 0 aliphatic rings. The van der Waals surface area contributed by atoms with Crippen LogP contribution in [0.5, 0.6) is 11.5 Å². The number of ether oxygens (including phenoxy) is 1. The van der Waals surface area contributed by atoms with Gasteiger partial charge in [-0.3, -0.25) is 4.68 Å². The minimum atomic E-state index is -0.206. The van der Waals surface area contributed by atoms with E-state index in [1.165, 1.54) is 33.4 Å². The van der Waals surface area contributed by atoms with Crippen LogP contribution in [0.1, 0.15) is 87.7 Å². The number of para-hydroxylation sites is 1. The van der Waals surface area contributed by atoms with E-state index in [0.717, 1.165) is 56.7 Å². The minimum absolute atomic E-state index is 0. The first-order chi connectivity index (χ1) is 24.1. The van der Waals surface area contributed by atoms with Crippen LogP contribution in [0.15, 0.2) is 79.0 Å². The number of hydrogen-bond donors (Lipinski definition) is 0. The van der Waals surface area contributed by atoms with Gasteiger partial charge in [-0.15, -0.1) is 41.3 Å². The molecule has 0 aliphatic heterocycles. The second-order valence-electron chi connectivity index (χ2n) is 16.0. The Morgan fingerprint density at radius 2 is 1.44 bits per heavy atom. The van der Waals surface area contributed by atoms with Gasteiger partial charge < -0.3 is 9.30 Å². The van der Waals surface area contributed by atoms with Gasteiger partial charge in [0.15, 0.2) is 0 Å². The van der Waals surface area contributed by atoms with Crippen molar-refractivity contribution in [3.63, 3.8) is 0 Å².